The number of carbonyl (C=O) groups excluding carboxylic acids is 3. The third-order valence-electron chi connectivity index (χ3n) is 3.71. The van der Waals surface area contributed by atoms with Crippen molar-refractivity contribution < 1.29 is 19.1 Å². The van der Waals surface area contributed by atoms with Gasteiger partial charge >= 0.3 is 5.97 Å². The molecule has 0 heterocycles. The van der Waals surface area contributed by atoms with Crippen LogP contribution in [0.3, 0.4) is 0 Å². The first kappa shape index (κ1) is 17.5. The van der Waals surface area contributed by atoms with Gasteiger partial charge in [-0.05, 0) is 26.7 Å². The van der Waals surface area contributed by atoms with Gasteiger partial charge in [-0.2, -0.15) is 0 Å². The van der Waals surface area contributed by atoms with Crippen molar-refractivity contribution in [3.63, 3.8) is 0 Å². The molecule has 2 amide bonds. The average molecular weight is 298 g/mol. The highest BCUT2D eigenvalue weighted by Crippen LogP contribution is 2.24. The Morgan fingerprint density at radius 2 is 1.62 bits per heavy atom. The molecule has 0 aliphatic heterocycles. The van der Waals surface area contributed by atoms with Crippen molar-refractivity contribution in [1.29, 1.82) is 0 Å². The van der Waals surface area contributed by atoms with Crippen LogP contribution in [0.1, 0.15) is 52.4 Å². The Bertz CT molecular complexity index is 378. The quantitative estimate of drug-likeness (QED) is 0.690. The molecule has 0 unspecified atom stereocenters. The van der Waals surface area contributed by atoms with Crippen LogP contribution in [0.15, 0.2) is 0 Å². The van der Waals surface area contributed by atoms with Crippen molar-refractivity contribution in [2.45, 2.75) is 64.5 Å². The van der Waals surface area contributed by atoms with E-state index in [-0.39, 0.29) is 48.6 Å². The molecular weight excluding hydrogens is 272 g/mol. The van der Waals surface area contributed by atoms with Crippen LogP contribution < -0.4 is 10.6 Å². The van der Waals surface area contributed by atoms with E-state index in [1.54, 1.807) is 6.92 Å². The highest BCUT2D eigenvalue weighted by atomic mass is 16.5. The first-order valence-corrected chi connectivity index (χ1v) is 7.59. The van der Waals surface area contributed by atoms with E-state index in [0.29, 0.717) is 0 Å². The van der Waals surface area contributed by atoms with Gasteiger partial charge in [-0.25, -0.2) is 0 Å². The van der Waals surface area contributed by atoms with E-state index >= 15 is 0 Å². The van der Waals surface area contributed by atoms with Crippen molar-refractivity contribution >= 4 is 17.8 Å². The van der Waals surface area contributed by atoms with Gasteiger partial charge in [0.15, 0.2) is 0 Å². The van der Waals surface area contributed by atoms with Gasteiger partial charge in [0.25, 0.3) is 0 Å². The van der Waals surface area contributed by atoms with Gasteiger partial charge in [0.05, 0.1) is 13.5 Å². The molecule has 6 nitrogen and oxygen atoms in total. The summed E-state index contributed by atoms with van der Waals surface area (Å²) >= 11 is 0. The van der Waals surface area contributed by atoms with Crippen molar-refractivity contribution in [2.75, 3.05) is 7.11 Å². The Balaban J connectivity index is 2.26. The molecule has 0 saturated heterocycles. The fourth-order valence-electron chi connectivity index (χ4n) is 2.60. The van der Waals surface area contributed by atoms with Crippen LogP contribution in [0, 0.1) is 5.92 Å². The topological polar surface area (TPSA) is 84.5 Å². The fraction of sp³-hybridized carbons (Fsp3) is 0.800. The molecule has 2 atom stereocenters. The molecule has 0 aromatic rings. The molecule has 0 aromatic heterocycles. The number of nitrogens with one attached hydrogen (secondary N) is 2. The van der Waals surface area contributed by atoms with Crippen LogP contribution >= 0.6 is 0 Å². The van der Waals surface area contributed by atoms with Gasteiger partial charge in [-0.1, -0.05) is 12.8 Å². The van der Waals surface area contributed by atoms with Gasteiger partial charge in [-0.15, -0.1) is 0 Å². The van der Waals surface area contributed by atoms with Crippen LogP contribution in [-0.2, 0) is 19.1 Å². The van der Waals surface area contributed by atoms with Gasteiger partial charge < -0.3 is 15.4 Å². The molecule has 120 valence electrons. The molecule has 1 saturated carbocycles. The van der Waals surface area contributed by atoms with Crippen molar-refractivity contribution in [3.05, 3.63) is 0 Å². The van der Waals surface area contributed by atoms with Gasteiger partial charge in [-0.3, -0.25) is 14.4 Å². The lowest BCUT2D eigenvalue weighted by molar-refractivity contribution is -0.141. The van der Waals surface area contributed by atoms with Crippen molar-refractivity contribution in [1.82, 2.24) is 10.6 Å². The molecule has 6 heteroatoms. The zero-order valence-corrected chi connectivity index (χ0v) is 13.1. The lowest BCUT2D eigenvalue weighted by atomic mass is 10.1. The zero-order chi connectivity index (χ0) is 15.8. The number of hydrogen-bond donors (Lipinski definition) is 2. The van der Waals surface area contributed by atoms with Crippen molar-refractivity contribution in [3.8, 4) is 0 Å². The fourth-order valence-corrected chi connectivity index (χ4v) is 2.60. The Labute approximate surface area is 126 Å². The molecule has 21 heavy (non-hydrogen) atoms. The summed E-state index contributed by atoms with van der Waals surface area (Å²) in [6, 6.07) is -0.480. The molecule has 1 aliphatic carbocycles. The predicted octanol–water partition coefficient (Wildman–Crippen LogP) is 1.14. The number of esters is 1. The monoisotopic (exact) mass is 298 g/mol. The van der Waals surface area contributed by atoms with E-state index in [1.807, 2.05) is 6.92 Å². The summed E-state index contributed by atoms with van der Waals surface area (Å²) in [6.07, 6.45) is 4.47. The number of rotatable bonds is 7. The SMILES string of the molecule is COC(=O)C[C@H](C)NC(=O)C[C@H](C)NC(=O)C1CCCC1. The summed E-state index contributed by atoms with van der Waals surface area (Å²) in [5.74, 6) is -0.375. The maximum Gasteiger partial charge on any atom is 0.307 e. The third kappa shape index (κ3) is 6.60. The van der Waals surface area contributed by atoms with Crippen LogP contribution in [0.5, 0.6) is 0 Å². The van der Waals surface area contributed by atoms with Crippen molar-refractivity contribution in [2.24, 2.45) is 5.92 Å². The summed E-state index contributed by atoms with van der Waals surface area (Å²) in [7, 11) is 1.32. The Morgan fingerprint density at radius 3 is 2.19 bits per heavy atom. The zero-order valence-electron chi connectivity index (χ0n) is 13.1. The van der Waals surface area contributed by atoms with Gasteiger partial charge in [0.2, 0.25) is 11.8 Å². The summed E-state index contributed by atoms with van der Waals surface area (Å²) in [5.41, 5.74) is 0. The summed E-state index contributed by atoms with van der Waals surface area (Å²) in [6.45, 7) is 3.56. The minimum atomic E-state index is -0.356. The highest BCUT2D eigenvalue weighted by Gasteiger charge is 2.24. The molecule has 0 spiro atoms. The molecular formula is C15H26N2O4. The maximum atomic E-state index is 11.9. The van der Waals surface area contributed by atoms with E-state index in [1.165, 1.54) is 7.11 Å². The normalized spacial score (nSPS) is 17.9. The standard InChI is InChI=1S/C15H26N2O4/c1-10(17-15(20)12-6-4-5-7-12)8-13(18)16-11(2)9-14(19)21-3/h10-12H,4-9H2,1-3H3,(H,16,18)(H,17,20)/t10-,11-/m0/s1. The van der Waals surface area contributed by atoms with E-state index in [0.717, 1.165) is 25.7 Å². The largest absolute Gasteiger partial charge is 0.469 e. The number of amides is 2. The second kappa shape index (κ2) is 8.64. The smallest absolute Gasteiger partial charge is 0.307 e. The lowest BCUT2D eigenvalue weighted by Crippen LogP contribution is -2.42. The lowest BCUT2D eigenvalue weighted by Gasteiger charge is -2.18. The molecule has 1 fully saturated rings. The highest BCUT2D eigenvalue weighted by molar-refractivity contribution is 5.81. The van der Waals surface area contributed by atoms with E-state index < -0.39 is 0 Å². The Morgan fingerprint density at radius 1 is 1.05 bits per heavy atom. The maximum absolute atomic E-state index is 11.9. The Hall–Kier alpha value is -1.59. The molecule has 1 rings (SSSR count). The first-order valence-electron chi connectivity index (χ1n) is 7.59. The first-order chi connectivity index (χ1) is 9.92. The van der Waals surface area contributed by atoms with E-state index in [9.17, 15) is 14.4 Å². The molecule has 1 aliphatic rings. The number of methoxy groups -OCH3 is 1. The number of hydrogen-bond acceptors (Lipinski definition) is 4. The number of carbonyl (C=O) groups is 3. The average Bonchev–Trinajstić information content (AvgIpc) is 2.91. The minimum absolute atomic E-state index is 0.0513. The second-order valence-electron chi connectivity index (χ2n) is 5.84. The van der Waals surface area contributed by atoms with Crippen LogP contribution in [0.25, 0.3) is 0 Å². The summed E-state index contributed by atoms with van der Waals surface area (Å²) in [4.78, 5) is 34.8. The van der Waals surface area contributed by atoms with E-state index in [4.69, 9.17) is 0 Å². The molecule has 0 aromatic carbocycles. The van der Waals surface area contributed by atoms with Gasteiger partial charge in [0, 0.05) is 24.4 Å². The molecule has 0 radical (unpaired) electrons. The summed E-state index contributed by atoms with van der Waals surface area (Å²) < 4.78 is 4.55. The van der Waals surface area contributed by atoms with Crippen LogP contribution in [0.4, 0.5) is 0 Å². The second-order valence-corrected chi connectivity index (χ2v) is 5.84. The minimum Gasteiger partial charge on any atom is -0.469 e. The van der Waals surface area contributed by atoms with Crippen LogP contribution in [-0.4, -0.2) is 37.0 Å². The van der Waals surface area contributed by atoms with E-state index in [2.05, 4.69) is 15.4 Å². The Kier molecular flexibility index (Phi) is 7.19. The molecule has 2 N–H and O–H groups in total. The van der Waals surface area contributed by atoms with Crippen LogP contribution in [0.2, 0.25) is 0 Å². The third-order valence-corrected chi connectivity index (χ3v) is 3.71. The summed E-state index contributed by atoms with van der Waals surface area (Å²) in [5, 5.41) is 5.61. The number of ether oxygens (including phenoxy) is 1. The molecule has 0 bridgehead atoms. The van der Waals surface area contributed by atoms with Gasteiger partial charge in [0.1, 0.15) is 0 Å². The predicted molar refractivity (Wildman–Crippen MR) is 78.4 cm³/mol.